The number of nitrogens with zero attached hydrogens (tertiary/aromatic N) is 2. The molecule has 0 fully saturated rings. The number of hydrogen-bond donors (Lipinski definition) is 1. The Bertz CT molecular complexity index is 990. The molecular weight excluding hydrogens is 350 g/mol. The molecule has 28 heavy (non-hydrogen) atoms. The normalized spacial score (nSPS) is 10.6. The number of amides is 1. The number of hydrogen-bond acceptors (Lipinski definition) is 3. The van der Waals surface area contributed by atoms with E-state index in [2.05, 4.69) is 29.5 Å². The fourth-order valence-corrected chi connectivity index (χ4v) is 2.88. The second kappa shape index (κ2) is 9.13. The molecule has 1 heterocycles. The van der Waals surface area contributed by atoms with Crippen LogP contribution in [0.4, 0.5) is 0 Å². The van der Waals surface area contributed by atoms with Crippen LogP contribution in [0.25, 0.3) is 11.3 Å². The van der Waals surface area contributed by atoms with Crippen molar-refractivity contribution >= 4 is 5.91 Å². The van der Waals surface area contributed by atoms with Gasteiger partial charge in [-0.3, -0.25) is 9.59 Å². The average Bonchev–Trinajstić information content (AvgIpc) is 2.72. The lowest BCUT2D eigenvalue weighted by Gasteiger charge is -2.09. The first-order valence-electron chi connectivity index (χ1n) is 9.55. The van der Waals surface area contributed by atoms with E-state index in [0.29, 0.717) is 6.54 Å². The van der Waals surface area contributed by atoms with Crippen LogP contribution in [0.15, 0.2) is 65.5 Å². The minimum Gasteiger partial charge on any atom is -0.352 e. The number of aryl methyl sites for hydroxylation is 3. The smallest absolute Gasteiger partial charge is 0.266 e. The van der Waals surface area contributed by atoms with E-state index >= 15 is 0 Å². The summed E-state index contributed by atoms with van der Waals surface area (Å²) in [5.41, 5.74) is 4.95. The number of nitrogens with one attached hydrogen (secondary N) is 1. The summed E-state index contributed by atoms with van der Waals surface area (Å²) >= 11 is 0. The molecule has 0 bridgehead atoms. The van der Waals surface area contributed by atoms with Gasteiger partial charge in [-0.1, -0.05) is 61.0 Å². The monoisotopic (exact) mass is 375 g/mol. The van der Waals surface area contributed by atoms with E-state index in [1.807, 2.05) is 43.3 Å². The second-order valence-electron chi connectivity index (χ2n) is 6.84. The van der Waals surface area contributed by atoms with Crippen LogP contribution in [-0.4, -0.2) is 15.7 Å². The zero-order valence-corrected chi connectivity index (χ0v) is 16.3. The molecule has 1 aromatic heterocycles. The molecule has 0 aliphatic rings. The lowest BCUT2D eigenvalue weighted by Crippen LogP contribution is -2.28. The minimum absolute atomic E-state index is 0.103. The van der Waals surface area contributed by atoms with Gasteiger partial charge < -0.3 is 5.32 Å². The predicted molar refractivity (Wildman–Crippen MR) is 111 cm³/mol. The molecule has 2 aromatic carbocycles. The fourth-order valence-electron chi connectivity index (χ4n) is 2.88. The van der Waals surface area contributed by atoms with Crippen LogP contribution < -0.4 is 10.9 Å². The molecule has 1 N–H and O–H groups in total. The number of benzene rings is 2. The Morgan fingerprint density at radius 1 is 0.964 bits per heavy atom. The summed E-state index contributed by atoms with van der Waals surface area (Å²) in [5, 5.41) is 7.30. The third kappa shape index (κ3) is 5.16. The highest BCUT2D eigenvalue weighted by molar-refractivity contribution is 5.75. The first kappa shape index (κ1) is 19.5. The summed E-state index contributed by atoms with van der Waals surface area (Å²) in [7, 11) is 0. The van der Waals surface area contributed by atoms with Crippen LogP contribution in [0.5, 0.6) is 0 Å². The molecule has 3 rings (SSSR count). The summed E-state index contributed by atoms with van der Waals surface area (Å²) < 4.78 is 1.35. The zero-order valence-electron chi connectivity index (χ0n) is 16.3. The van der Waals surface area contributed by atoms with Gasteiger partial charge in [0.1, 0.15) is 0 Å². The third-order valence-corrected chi connectivity index (χ3v) is 4.69. The predicted octanol–water partition coefficient (Wildman–Crippen LogP) is 3.49. The standard InChI is InChI=1S/C23H25N3O2/c1-3-18-6-8-19(9-7-18)16-24-22(27)14-15-26-23(28)13-12-21(25-26)20-10-4-17(2)5-11-20/h4-13H,3,14-16H2,1-2H3,(H,24,27). The summed E-state index contributed by atoms with van der Waals surface area (Å²) in [5.74, 6) is -0.103. The largest absolute Gasteiger partial charge is 0.352 e. The van der Waals surface area contributed by atoms with Crippen LogP contribution >= 0.6 is 0 Å². The molecule has 0 saturated heterocycles. The molecule has 0 unspecified atom stereocenters. The van der Waals surface area contributed by atoms with Gasteiger partial charge in [-0.25, -0.2) is 4.68 Å². The van der Waals surface area contributed by atoms with Crippen LogP contribution in [0.2, 0.25) is 0 Å². The Morgan fingerprint density at radius 3 is 2.32 bits per heavy atom. The molecule has 0 saturated carbocycles. The molecule has 0 spiro atoms. The first-order valence-corrected chi connectivity index (χ1v) is 9.55. The molecular formula is C23H25N3O2. The number of rotatable bonds is 7. The van der Waals surface area contributed by atoms with Gasteiger partial charge in [0.2, 0.25) is 5.91 Å². The number of aromatic nitrogens is 2. The molecule has 0 radical (unpaired) electrons. The Balaban J connectivity index is 1.58. The quantitative estimate of drug-likeness (QED) is 0.688. The molecule has 0 aliphatic heterocycles. The molecule has 5 nitrogen and oxygen atoms in total. The third-order valence-electron chi connectivity index (χ3n) is 4.69. The van der Waals surface area contributed by atoms with Crippen molar-refractivity contribution in [3.8, 4) is 11.3 Å². The van der Waals surface area contributed by atoms with Crippen molar-refractivity contribution in [2.45, 2.75) is 39.8 Å². The summed E-state index contributed by atoms with van der Waals surface area (Å²) in [6.07, 6.45) is 1.20. The van der Waals surface area contributed by atoms with Gasteiger partial charge in [0.25, 0.3) is 5.56 Å². The van der Waals surface area contributed by atoms with Gasteiger partial charge in [-0.05, 0) is 30.5 Å². The molecule has 144 valence electrons. The van der Waals surface area contributed by atoms with Crippen molar-refractivity contribution in [1.29, 1.82) is 0 Å². The lowest BCUT2D eigenvalue weighted by atomic mass is 10.1. The second-order valence-corrected chi connectivity index (χ2v) is 6.84. The maximum atomic E-state index is 12.2. The Kier molecular flexibility index (Phi) is 6.37. The number of carbonyl (C=O) groups is 1. The van der Waals surface area contributed by atoms with Crippen LogP contribution in [-0.2, 0) is 24.3 Å². The van der Waals surface area contributed by atoms with E-state index in [1.165, 1.54) is 16.3 Å². The van der Waals surface area contributed by atoms with Crippen molar-refractivity contribution in [3.05, 3.63) is 87.7 Å². The summed E-state index contributed by atoms with van der Waals surface area (Å²) in [4.78, 5) is 24.2. The van der Waals surface area contributed by atoms with E-state index < -0.39 is 0 Å². The molecule has 5 heteroatoms. The van der Waals surface area contributed by atoms with Crippen LogP contribution in [0, 0.1) is 6.92 Å². The lowest BCUT2D eigenvalue weighted by molar-refractivity contribution is -0.121. The van der Waals surface area contributed by atoms with E-state index in [-0.39, 0.29) is 24.4 Å². The van der Waals surface area contributed by atoms with E-state index in [9.17, 15) is 9.59 Å². The molecule has 0 aliphatic carbocycles. The maximum Gasteiger partial charge on any atom is 0.266 e. The van der Waals surface area contributed by atoms with Gasteiger partial charge >= 0.3 is 0 Å². The summed E-state index contributed by atoms with van der Waals surface area (Å²) in [6.45, 7) is 4.86. The zero-order chi connectivity index (χ0) is 19.9. The first-order chi connectivity index (χ1) is 13.5. The van der Waals surface area contributed by atoms with Crippen molar-refractivity contribution in [3.63, 3.8) is 0 Å². The molecule has 0 atom stereocenters. The van der Waals surface area contributed by atoms with Crippen molar-refractivity contribution < 1.29 is 4.79 Å². The topological polar surface area (TPSA) is 64.0 Å². The van der Waals surface area contributed by atoms with E-state index in [4.69, 9.17) is 0 Å². The Morgan fingerprint density at radius 2 is 1.64 bits per heavy atom. The van der Waals surface area contributed by atoms with Crippen molar-refractivity contribution in [2.75, 3.05) is 0 Å². The highest BCUT2D eigenvalue weighted by Gasteiger charge is 2.07. The van der Waals surface area contributed by atoms with Gasteiger partial charge in [0, 0.05) is 24.6 Å². The fraction of sp³-hybridized carbons (Fsp3) is 0.261. The van der Waals surface area contributed by atoms with Crippen molar-refractivity contribution in [1.82, 2.24) is 15.1 Å². The SMILES string of the molecule is CCc1ccc(CNC(=O)CCn2nc(-c3ccc(C)cc3)ccc2=O)cc1. The summed E-state index contributed by atoms with van der Waals surface area (Å²) in [6, 6.07) is 19.4. The molecule has 1 amide bonds. The molecule has 3 aromatic rings. The van der Waals surface area contributed by atoms with E-state index in [1.54, 1.807) is 6.07 Å². The average molecular weight is 375 g/mol. The highest BCUT2D eigenvalue weighted by atomic mass is 16.2. The number of carbonyl (C=O) groups excluding carboxylic acids is 1. The Labute approximate surface area is 165 Å². The van der Waals surface area contributed by atoms with Gasteiger partial charge in [-0.2, -0.15) is 5.10 Å². The van der Waals surface area contributed by atoms with Gasteiger partial charge in [0.15, 0.2) is 0 Å². The van der Waals surface area contributed by atoms with E-state index in [0.717, 1.165) is 28.8 Å². The maximum absolute atomic E-state index is 12.2. The van der Waals surface area contributed by atoms with Gasteiger partial charge in [0.05, 0.1) is 12.2 Å². The van der Waals surface area contributed by atoms with Crippen LogP contribution in [0.3, 0.4) is 0 Å². The Hall–Kier alpha value is -3.21. The minimum atomic E-state index is -0.209. The highest BCUT2D eigenvalue weighted by Crippen LogP contribution is 2.15. The van der Waals surface area contributed by atoms with Crippen molar-refractivity contribution in [2.24, 2.45) is 0 Å². The van der Waals surface area contributed by atoms with Gasteiger partial charge in [-0.15, -0.1) is 0 Å². The van der Waals surface area contributed by atoms with Crippen LogP contribution in [0.1, 0.15) is 30.0 Å².